The maximum atomic E-state index is 11.5. The van der Waals surface area contributed by atoms with Crippen LogP contribution in [-0.2, 0) is 0 Å². The van der Waals surface area contributed by atoms with Gasteiger partial charge in [-0.2, -0.15) is 0 Å². The third-order valence-electron chi connectivity index (χ3n) is 1.81. The molecule has 0 aliphatic rings. The Labute approximate surface area is 92.8 Å². The second-order valence-corrected chi connectivity index (χ2v) is 4.11. The van der Waals surface area contributed by atoms with Crippen LogP contribution in [0.4, 0.5) is 5.69 Å². The van der Waals surface area contributed by atoms with Crippen molar-refractivity contribution in [1.82, 2.24) is 0 Å². The fourth-order valence-corrected chi connectivity index (χ4v) is 1.80. The summed E-state index contributed by atoms with van der Waals surface area (Å²) in [5, 5.41) is 0. The van der Waals surface area contributed by atoms with Crippen molar-refractivity contribution in [3.8, 4) is 0 Å². The molecule has 1 aromatic carbocycles. The number of nitrogen functional groups attached to an aromatic ring is 1. The lowest BCUT2D eigenvalue weighted by Gasteiger charge is -2.03. The monoisotopic (exact) mass is 229 g/mol. The number of rotatable bonds is 4. The van der Waals surface area contributed by atoms with E-state index >= 15 is 0 Å². The molecular weight excluding hydrogens is 218 g/mol. The zero-order valence-corrected chi connectivity index (χ0v) is 9.49. The van der Waals surface area contributed by atoms with Gasteiger partial charge < -0.3 is 5.73 Å². The van der Waals surface area contributed by atoms with E-state index in [1.165, 1.54) is 0 Å². The lowest BCUT2D eigenvalue weighted by molar-refractivity contribution is 0.0989. The quantitative estimate of drug-likeness (QED) is 0.374. The molecule has 14 heavy (non-hydrogen) atoms. The van der Waals surface area contributed by atoms with Gasteiger partial charge in [0.15, 0.2) is 5.78 Å². The Morgan fingerprint density at radius 1 is 1.50 bits per heavy atom. The summed E-state index contributed by atoms with van der Waals surface area (Å²) in [4.78, 5) is 12.5. The first-order chi connectivity index (χ1) is 6.67. The third-order valence-corrected chi connectivity index (χ3v) is 2.70. The van der Waals surface area contributed by atoms with Gasteiger partial charge in [0, 0.05) is 28.4 Å². The van der Waals surface area contributed by atoms with Crippen molar-refractivity contribution in [3.05, 3.63) is 23.8 Å². The molecule has 76 valence electrons. The van der Waals surface area contributed by atoms with Crippen LogP contribution in [0.2, 0.25) is 0 Å². The van der Waals surface area contributed by atoms with E-state index in [4.69, 9.17) is 17.3 Å². The zero-order chi connectivity index (χ0) is 10.6. The number of ketones is 1. The molecule has 0 saturated carbocycles. The number of benzene rings is 1. The van der Waals surface area contributed by atoms with Gasteiger partial charge in [0.2, 0.25) is 0 Å². The van der Waals surface area contributed by atoms with E-state index in [0.29, 0.717) is 23.6 Å². The third kappa shape index (κ3) is 2.93. The predicted molar refractivity (Wildman–Crippen MR) is 62.3 cm³/mol. The van der Waals surface area contributed by atoms with Gasteiger partial charge in [-0.15, -0.1) is 23.4 Å². The summed E-state index contributed by atoms with van der Waals surface area (Å²) < 4.78 is 0. The minimum absolute atomic E-state index is 0.0441. The Kier molecular flexibility index (Phi) is 4.29. The van der Waals surface area contributed by atoms with Crippen molar-refractivity contribution in [3.63, 3.8) is 0 Å². The number of alkyl halides is 1. The van der Waals surface area contributed by atoms with E-state index in [1.807, 2.05) is 18.4 Å². The molecule has 4 heteroatoms. The van der Waals surface area contributed by atoms with E-state index in [-0.39, 0.29) is 5.78 Å². The van der Waals surface area contributed by atoms with Gasteiger partial charge in [-0.05, 0) is 24.5 Å². The Morgan fingerprint density at radius 2 is 2.21 bits per heavy atom. The van der Waals surface area contributed by atoms with Gasteiger partial charge in [0.1, 0.15) is 0 Å². The van der Waals surface area contributed by atoms with Crippen molar-refractivity contribution in [2.75, 3.05) is 17.9 Å². The molecule has 0 aromatic heterocycles. The summed E-state index contributed by atoms with van der Waals surface area (Å²) in [7, 11) is 0. The highest BCUT2D eigenvalue weighted by molar-refractivity contribution is 7.98. The topological polar surface area (TPSA) is 43.1 Å². The maximum Gasteiger partial charge on any atom is 0.164 e. The fraction of sp³-hybridized carbons (Fsp3) is 0.300. The van der Waals surface area contributed by atoms with Crippen LogP contribution in [0.5, 0.6) is 0 Å². The first-order valence-electron chi connectivity index (χ1n) is 4.21. The molecule has 0 aliphatic heterocycles. The van der Waals surface area contributed by atoms with Crippen molar-refractivity contribution in [2.24, 2.45) is 0 Å². The summed E-state index contributed by atoms with van der Waals surface area (Å²) in [6.45, 7) is 0. The Bertz CT molecular complexity index is 341. The Hall–Kier alpha value is -0.670. The molecule has 0 amide bonds. The average Bonchev–Trinajstić information content (AvgIpc) is 2.17. The number of nitrogens with two attached hydrogens (primary N) is 1. The summed E-state index contributed by atoms with van der Waals surface area (Å²) in [6, 6.07) is 5.38. The number of halogens is 1. The molecule has 1 aromatic rings. The number of hydrogen-bond donors (Lipinski definition) is 1. The van der Waals surface area contributed by atoms with E-state index in [2.05, 4.69) is 0 Å². The number of hydrogen-bond acceptors (Lipinski definition) is 3. The summed E-state index contributed by atoms with van der Waals surface area (Å²) in [6.07, 6.45) is 2.31. The largest absolute Gasteiger partial charge is 0.399 e. The molecule has 2 nitrogen and oxygen atoms in total. The van der Waals surface area contributed by atoms with Gasteiger partial charge in [-0.3, -0.25) is 4.79 Å². The first kappa shape index (κ1) is 11.4. The molecule has 0 heterocycles. The normalized spacial score (nSPS) is 10.1. The van der Waals surface area contributed by atoms with Crippen molar-refractivity contribution < 1.29 is 4.79 Å². The minimum atomic E-state index is 0.0441. The summed E-state index contributed by atoms with van der Waals surface area (Å²) in [5.74, 6) is 0.394. The SMILES string of the molecule is CSc1cc(N)cc(C(=O)CCCl)c1. The molecule has 0 unspecified atom stereocenters. The van der Waals surface area contributed by atoms with Crippen LogP contribution in [-0.4, -0.2) is 17.9 Å². The highest BCUT2D eigenvalue weighted by Gasteiger charge is 2.06. The number of anilines is 1. The van der Waals surface area contributed by atoms with E-state index in [1.54, 1.807) is 17.8 Å². The zero-order valence-electron chi connectivity index (χ0n) is 7.92. The highest BCUT2D eigenvalue weighted by atomic mass is 35.5. The smallest absolute Gasteiger partial charge is 0.164 e. The van der Waals surface area contributed by atoms with Gasteiger partial charge >= 0.3 is 0 Å². The summed E-state index contributed by atoms with van der Waals surface area (Å²) >= 11 is 7.07. The van der Waals surface area contributed by atoms with Gasteiger partial charge in [-0.25, -0.2) is 0 Å². The number of carbonyl (C=O) groups is 1. The van der Waals surface area contributed by atoms with E-state index < -0.39 is 0 Å². The number of carbonyl (C=O) groups excluding carboxylic acids is 1. The molecule has 0 saturated heterocycles. The molecule has 0 aliphatic carbocycles. The van der Waals surface area contributed by atoms with Gasteiger partial charge in [0.05, 0.1) is 0 Å². The van der Waals surface area contributed by atoms with E-state index in [0.717, 1.165) is 4.90 Å². The second kappa shape index (κ2) is 5.27. The van der Waals surface area contributed by atoms with Crippen LogP contribution in [0, 0.1) is 0 Å². The van der Waals surface area contributed by atoms with Crippen LogP contribution in [0.15, 0.2) is 23.1 Å². The van der Waals surface area contributed by atoms with Gasteiger partial charge in [0.25, 0.3) is 0 Å². The Morgan fingerprint density at radius 3 is 2.79 bits per heavy atom. The van der Waals surface area contributed by atoms with Crippen LogP contribution in [0.3, 0.4) is 0 Å². The molecule has 0 spiro atoms. The Balaban J connectivity index is 2.96. The minimum Gasteiger partial charge on any atom is -0.399 e. The standard InChI is InChI=1S/C10H12ClNOS/c1-14-9-5-7(4-8(12)6-9)10(13)2-3-11/h4-6H,2-3,12H2,1H3. The van der Waals surface area contributed by atoms with Gasteiger partial charge in [-0.1, -0.05) is 0 Å². The number of thioether (sulfide) groups is 1. The molecule has 0 fully saturated rings. The highest BCUT2D eigenvalue weighted by Crippen LogP contribution is 2.21. The molecular formula is C10H12ClNOS. The molecule has 1 rings (SSSR count). The first-order valence-corrected chi connectivity index (χ1v) is 5.97. The number of Topliss-reactive ketones (excluding diaryl/α,β-unsaturated/α-hetero) is 1. The summed E-state index contributed by atoms with van der Waals surface area (Å²) in [5.41, 5.74) is 6.94. The predicted octanol–water partition coefficient (Wildman–Crippen LogP) is 2.80. The van der Waals surface area contributed by atoms with Crippen molar-refractivity contribution in [1.29, 1.82) is 0 Å². The van der Waals surface area contributed by atoms with E-state index in [9.17, 15) is 4.79 Å². The van der Waals surface area contributed by atoms with Crippen molar-refractivity contribution in [2.45, 2.75) is 11.3 Å². The molecule has 0 atom stereocenters. The lowest BCUT2D eigenvalue weighted by atomic mass is 10.1. The second-order valence-electron chi connectivity index (χ2n) is 2.86. The van der Waals surface area contributed by atoms with Crippen LogP contribution < -0.4 is 5.73 Å². The molecule has 0 radical (unpaired) electrons. The van der Waals surface area contributed by atoms with Crippen molar-refractivity contribution >= 4 is 34.8 Å². The fourth-order valence-electron chi connectivity index (χ4n) is 1.13. The van der Waals surface area contributed by atoms with Crippen LogP contribution in [0.1, 0.15) is 16.8 Å². The average molecular weight is 230 g/mol. The molecule has 2 N–H and O–H groups in total. The molecule has 0 bridgehead atoms. The maximum absolute atomic E-state index is 11.5. The lowest BCUT2D eigenvalue weighted by Crippen LogP contribution is -2.01. The van der Waals surface area contributed by atoms with Crippen LogP contribution in [0.25, 0.3) is 0 Å². The van der Waals surface area contributed by atoms with Crippen LogP contribution >= 0.6 is 23.4 Å².